The summed E-state index contributed by atoms with van der Waals surface area (Å²) >= 11 is 0. The molecule has 0 radical (unpaired) electrons. The van der Waals surface area contributed by atoms with Crippen molar-refractivity contribution in [3.05, 3.63) is 48.3 Å². The summed E-state index contributed by atoms with van der Waals surface area (Å²) in [5, 5.41) is 4.19. The van der Waals surface area contributed by atoms with Crippen LogP contribution >= 0.6 is 0 Å². The Morgan fingerprint density at radius 3 is 2.93 bits per heavy atom. The number of hydrogen-bond acceptors (Lipinski definition) is 4. The van der Waals surface area contributed by atoms with E-state index in [0.29, 0.717) is 19.2 Å². The van der Waals surface area contributed by atoms with Crippen molar-refractivity contribution in [2.75, 3.05) is 32.8 Å². The molecule has 0 N–H and O–H groups in total. The smallest absolute Gasteiger partial charge is 0.244 e. The Morgan fingerprint density at radius 1 is 1.07 bits per heavy atom. The SMILES string of the molecule is O=C(Cn1cccn1)N1CCCOc2cccc(c2)CCC2CCCCN2CC1. The number of rotatable bonds is 2. The van der Waals surface area contributed by atoms with Gasteiger partial charge in [-0.15, -0.1) is 0 Å². The van der Waals surface area contributed by atoms with E-state index in [9.17, 15) is 4.79 Å². The van der Waals surface area contributed by atoms with Crippen LogP contribution in [0.5, 0.6) is 5.75 Å². The van der Waals surface area contributed by atoms with E-state index in [4.69, 9.17) is 4.74 Å². The summed E-state index contributed by atoms with van der Waals surface area (Å²) < 4.78 is 7.67. The molecule has 0 aliphatic carbocycles. The van der Waals surface area contributed by atoms with Gasteiger partial charge in [-0.25, -0.2) is 0 Å². The minimum atomic E-state index is 0.136. The summed E-state index contributed by atoms with van der Waals surface area (Å²) in [5.41, 5.74) is 1.36. The molecule has 0 saturated carbocycles. The van der Waals surface area contributed by atoms with Gasteiger partial charge in [0, 0.05) is 38.1 Å². The Morgan fingerprint density at radius 2 is 2.03 bits per heavy atom. The summed E-state index contributed by atoms with van der Waals surface area (Å²) in [6.45, 7) is 4.53. The molecule has 156 valence electrons. The molecular formula is C23H32N4O2. The van der Waals surface area contributed by atoms with Crippen molar-refractivity contribution in [3.8, 4) is 5.75 Å². The van der Waals surface area contributed by atoms with Gasteiger partial charge in [0.1, 0.15) is 12.3 Å². The van der Waals surface area contributed by atoms with Crippen LogP contribution in [-0.2, 0) is 17.8 Å². The van der Waals surface area contributed by atoms with Crippen molar-refractivity contribution >= 4 is 5.91 Å². The molecule has 1 aromatic carbocycles. The molecule has 3 heterocycles. The van der Waals surface area contributed by atoms with Gasteiger partial charge in [-0.05, 0) is 62.4 Å². The molecular weight excluding hydrogens is 364 g/mol. The minimum absolute atomic E-state index is 0.136. The summed E-state index contributed by atoms with van der Waals surface area (Å²) in [7, 11) is 0. The van der Waals surface area contributed by atoms with Crippen LogP contribution in [0, 0.1) is 0 Å². The van der Waals surface area contributed by atoms with Crippen molar-refractivity contribution in [1.29, 1.82) is 0 Å². The van der Waals surface area contributed by atoms with E-state index in [1.807, 2.05) is 23.2 Å². The van der Waals surface area contributed by atoms with Gasteiger partial charge in [0.25, 0.3) is 0 Å². The molecule has 29 heavy (non-hydrogen) atoms. The molecule has 1 atom stereocenters. The van der Waals surface area contributed by atoms with Crippen molar-refractivity contribution in [3.63, 3.8) is 0 Å². The molecule has 1 unspecified atom stereocenters. The first-order valence-electron chi connectivity index (χ1n) is 11.0. The first kappa shape index (κ1) is 20.0. The maximum absolute atomic E-state index is 12.9. The van der Waals surface area contributed by atoms with Crippen molar-refractivity contribution < 1.29 is 9.53 Å². The average molecular weight is 397 g/mol. The largest absolute Gasteiger partial charge is 0.494 e. The minimum Gasteiger partial charge on any atom is -0.494 e. The third-order valence-electron chi connectivity index (χ3n) is 6.12. The highest BCUT2D eigenvalue weighted by Gasteiger charge is 2.24. The Kier molecular flexibility index (Phi) is 6.83. The maximum atomic E-state index is 12.9. The molecule has 1 aromatic heterocycles. The van der Waals surface area contributed by atoms with Gasteiger partial charge in [-0.2, -0.15) is 5.10 Å². The van der Waals surface area contributed by atoms with Gasteiger partial charge in [-0.3, -0.25) is 14.4 Å². The van der Waals surface area contributed by atoms with E-state index < -0.39 is 0 Å². The molecule has 2 aromatic rings. The fraction of sp³-hybridized carbons (Fsp3) is 0.565. The zero-order valence-electron chi connectivity index (χ0n) is 17.2. The number of amides is 1. The van der Waals surface area contributed by atoms with E-state index in [1.165, 1.54) is 31.2 Å². The number of hydrogen-bond donors (Lipinski definition) is 0. The number of fused-ring (bicyclic) bond motifs is 3. The number of carbonyl (C=O) groups excluding carboxylic acids is 1. The number of benzene rings is 1. The first-order chi connectivity index (χ1) is 14.3. The second kappa shape index (κ2) is 9.92. The summed E-state index contributed by atoms with van der Waals surface area (Å²) in [6.07, 6.45) is 10.5. The van der Waals surface area contributed by atoms with Crippen LogP contribution in [0.4, 0.5) is 0 Å². The van der Waals surface area contributed by atoms with Crippen LogP contribution in [0.25, 0.3) is 0 Å². The van der Waals surface area contributed by atoms with Crippen LogP contribution in [0.15, 0.2) is 42.7 Å². The lowest BCUT2D eigenvalue weighted by Gasteiger charge is -2.37. The van der Waals surface area contributed by atoms with Gasteiger partial charge in [0.05, 0.1) is 6.61 Å². The van der Waals surface area contributed by atoms with Gasteiger partial charge >= 0.3 is 0 Å². The third-order valence-corrected chi connectivity index (χ3v) is 6.12. The number of piperidine rings is 1. The van der Waals surface area contributed by atoms with Crippen molar-refractivity contribution in [2.45, 2.75) is 51.1 Å². The third kappa shape index (κ3) is 5.60. The average Bonchev–Trinajstić information content (AvgIpc) is 3.25. The summed E-state index contributed by atoms with van der Waals surface area (Å²) in [5.74, 6) is 1.07. The van der Waals surface area contributed by atoms with Crippen LogP contribution in [0.3, 0.4) is 0 Å². The zero-order chi connectivity index (χ0) is 19.9. The standard InChI is InChI=1S/C23H32N4O2/c28-23(19-27-14-4-11-24-27)26-13-5-17-29-22-8-3-6-20(18-22)9-10-21-7-1-2-12-25(21)15-16-26/h3-4,6,8,11,14,18,21H,1-2,5,7,9-10,12-13,15-17,19H2. The van der Waals surface area contributed by atoms with E-state index in [0.717, 1.165) is 44.8 Å². The molecule has 4 rings (SSSR count). The van der Waals surface area contributed by atoms with Gasteiger partial charge in [0.15, 0.2) is 0 Å². The normalized spacial score (nSPS) is 21.7. The highest BCUT2D eigenvalue weighted by atomic mass is 16.5. The van der Waals surface area contributed by atoms with Crippen LogP contribution in [0.1, 0.15) is 37.7 Å². The quantitative estimate of drug-likeness (QED) is 0.783. The fourth-order valence-corrected chi connectivity index (χ4v) is 4.49. The Bertz CT molecular complexity index is 777. The topological polar surface area (TPSA) is 50.6 Å². The maximum Gasteiger partial charge on any atom is 0.244 e. The van der Waals surface area contributed by atoms with E-state index in [2.05, 4.69) is 28.2 Å². The lowest BCUT2D eigenvalue weighted by molar-refractivity contribution is -0.132. The fourth-order valence-electron chi connectivity index (χ4n) is 4.49. The molecule has 2 aliphatic rings. The summed E-state index contributed by atoms with van der Waals surface area (Å²) in [4.78, 5) is 17.5. The lowest BCUT2D eigenvalue weighted by Crippen LogP contribution is -2.46. The molecule has 0 spiro atoms. The Balaban J connectivity index is 1.46. The summed E-state index contributed by atoms with van der Waals surface area (Å²) in [6, 6.07) is 11.0. The van der Waals surface area contributed by atoms with Gasteiger partial charge < -0.3 is 9.64 Å². The molecule has 1 fully saturated rings. The number of ether oxygens (including phenoxy) is 1. The van der Waals surface area contributed by atoms with E-state index in [-0.39, 0.29) is 5.91 Å². The number of nitrogens with zero attached hydrogens (tertiary/aromatic N) is 4. The molecule has 1 saturated heterocycles. The Hall–Kier alpha value is -2.34. The highest BCUT2D eigenvalue weighted by Crippen LogP contribution is 2.23. The molecule has 2 aliphatic heterocycles. The molecule has 2 bridgehead atoms. The number of aryl methyl sites for hydroxylation is 1. The monoisotopic (exact) mass is 396 g/mol. The van der Waals surface area contributed by atoms with Crippen LogP contribution < -0.4 is 4.74 Å². The number of aromatic nitrogens is 2. The second-order valence-corrected chi connectivity index (χ2v) is 8.16. The molecule has 6 heteroatoms. The van der Waals surface area contributed by atoms with E-state index in [1.54, 1.807) is 10.9 Å². The molecule has 6 nitrogen and oxygen atoms in total. The number of carbonyl (C=O) groups is 1. The van der Waals surface area contributed by atoms with E-state index >= 15 is 0 Å². The van der Waals surface area contributed by atoms with Crippen LogP contribution in [-0.4, -0.2) is 64.3 Å². The zero-order valence-corrected chi connectivity index (χ0v) is 17.2. The second-order valence-electron chi connectivity index (χ2n) is 8.16. The lowest BCUT2D eigenvalue weighted by atomic mass is 9.95. The Labute approximate surface area is 173 Å². The predicted octanol–water partition coefficient (Wildman–Crippen LogP) is 2.98. The van der Waals surface area contributed by atoms with Gasteiger partial charge in [-0.1, -0.05) is 18.6 Å². The predicted molar refractivity (Wildman–Crippen MR) is 113 cm³/mol. The van der Waals surface area contributed by atoms with Crippen LogP contribution in [0.2, 0.25) is 0 Å². The first-order valence-corrected chi connectivity index (χ1v) is 11.0. The van der Waals surface area contributed by atoms with Gasteiger partial charge in [0.2, 0.25) is 5.91 Å². The molecule has 1 amide bonds. The van der Waals surface area contributed by atoms with Crippen molar-refractivity contribution in [1.82, 2.24) is 19.6 Å². The van der Waals surface area contributed by atoms with Crippen molar-refractivity contribution in [2.24, 2.45) is 0 Å². The highest BCUT2D eigenvalue weighted by molar-refractivity contribution is 5.75.